The molecule has 1 aliphatic heterocycles. The SMILES string of the molecule is N[N+]1([O-])Cc2c(F)ccc(F)c2C(c2ccccc2)=N1. The fourth-order valence-corrected chi connectivity index (χ4v) is 2.28. The van der Waals surface area contributed by atoms with E-state index in [1.807, 2.05) is 0 Å². The molecule has 102 valence electrons. The number of nitrogens with zero attached hydrogens (tertiary/aromatic N) is 2. The van der Waals surface area contributed by atoms with Crippen molar-refractivity contribution in [3.8, 4) is 0 Å². The van der Waals surface area contributed by atoms with Crippen LogP contribution in [-0.2, 0) is 6.54 Å². The van der Waals surface area contributed by atoms with Gasteiger partial charge in [-0.25, -0.2) is 8.78 Å². The van der Waals surface area contributed by atoms with Crippen molar-refractivity contribution in [2.75, 3.05) is 0 Å². The molecule has 1 atom stereocenters. The van der Waals surface area contributed by atoms with Crippen molar-refractivity contribution >= 4 is 5.71 Å². The van der Waals surface area contributed by atoms with E-state index in [2.05, 4.69) is 5.10 Å². The molecule has 0 aromatic heterocycles. The summed E-state index contributed by atoms with van der Waals surface area (Å²) in [6.45, 7) is -0.435. The molecule has 1 heterocycles. The van der Waals surface area contributed by atoms with Crippen LogP contribution in [0.3, 0.4) is 0 Å². The van der Waals surface area contributed by atoms with E-state index >= 15 is 0 Å². The molecule has 20 heavy (non-hydrogen) atoms. The van der Waals surface area contributed by atoms with E-state index < -0.39 is 23.0 Å². The maximum absolute atomic E-state index is 14.0. The number of fused-ring (bicyclic) bond motifs is 1. The van der Waals surface area contributed by atoms with E-state index in [0.29, 0.717) is 5.56 Å². The molecule has 4 nitrogen and oxygen atoms in total. The van der Waals surface area contributed by atoms with Gasteiger partial charge in [0, 0.05) is 5.56 Å². The quantitative estimate of drug-likeness (QED) is 0.493. The summed E-state index contributed by atoms with van der Waals surface area (Å²) in [7, 11) is 0. The maximum atomic E-state index is 14.0. The van der Waals surface area contributed by atoms with Crippen LogP contribution in [0.1, 0.15) is 16.7 Å². The monoisotopic (exact) mass is 275 g/mol. The summed E-state index contributed by atoms with van der Waals surface area (Å²) in [4.78, 5) is -1.50. The van der Waals surface area contributed by atoms with Crippen molar-refractivity contribution in [2.45, 2.75) is 6.54 Å². The first kappa shape index (κ1) is 12.9. The number of rotatable bonds is 1. The van der Waals surface area contributed by atoms with Crippen molar-refractivity contribution in [1.82, 2.24) is 0 Å². The molecular formula is C14H11F2N3O. The lowest BCUT2D eigenvalue weighted by Crippen LogP contribution is -2.47. The van der Waals surface area contributed by atoms with Crippen molar-refractivity contribution in [3.05, 3.63) is 76.0 Å². The van der Waals surface area contributed by atoms with E-state index in [-0.39, 0.29) is 16.8 Å². The molecule has 3 rings (SSSR count). The summed E-state index contributed by atoms with van der Waals surface area (Å²) in [6, 6.07) is 10.6. The standard InChI is InChI=1S/C14H11F2N3O/c15-11-6-7-12(16)13-10(11)8-19(17,20)18-14(13)9-4-2-1-3-5-9/h1-7H,8,17H2. The lowest BCUT2D eigenvalue weighted by Gasteiger charge is -2.34. The zero-order valence-electron chi connectivity index (χ0n) is 10.4. The van der Waals surface area contributed by atoms with Gasteiger partial charge < -0.3 is 5.21 Å². The van der Waals surface area contributed by atoms with Crippen LogP contribution in [0.15, 0.2) is 47.6 Å². The summed E-state index contributed by atoms with van der Waals surface area (Å²) < 4.78 is 27.9. The molecule has 0 aliphatic carbocycles. The lowest BCUT2D eigenvalue weighted by molar-refractivity contribution is -0.913. The highest BCUT2D eigenvalue weighted by atomic mass is 19.1. The lowest BCUT2D eigenvalue weighted by atomic mass is 9.95. The normalized spacial score (nSPS) is 21.3. The second-order valence-corrected chi connectivity index (χ2v) is 4.61. The highest BCUT2D eigenvalue weighted by Crippen LogP contribution is 2.28. The molecule has 2 aromatic carbocycles. The summed E-state index contributed by atoms with van der Waals surface area (Å²) in [5.41, 5.74) is 0.547. The molecule has 2 aromatic rings. The van der Waals surface area contributed by atoms with E-state index in [1.165, 1.54) is 0 Å². The number of hydrogen-bond acceptors (Lipinski definition) is 3. The van der Waals surface area contributed by atoms with Crippen LogP contribution in [-0.4, -0.2) is 10.6 Å². The Labute approximate surface area is 113 Å². The van der Waals surface area contributed by atoms with Crippen molar-refractivity contribution in [3.63, 3.8) is 0 Å². The van der Waals surface area contributed by atoms with Crippen LogP contribution in [0.5, 0.6) is 0 Å². The summed E-state index contributed by atoms with van der Waals surface area (Å²) in [5, 5.41) is 15.8. The Bertz CT molecular complexity index is 699. The van der Waals surface area contributed by atoms with Crippen LogP contribution in [0.2, 0.25) is 0 Å². The van der Waals surface area contributed by atoms with Crippen molar-refractivity contribution in [2.24, 2.45) is 10.9 Å². The predicted molar refractivity (Wildman–Crippen MR) is 70.0 cm³/mol. The van der Waals surface area contributed by atoms with Crippen LogP contribution < -0.4 is 5.84 Å². The molecular weight excluding hydrogens is 264 g/mol. The number of nitrogens with two attached hydrogens (primary N) is 1. The first-order valence-electron chi connectivity index (χ1n) is 5.98. The Morgan fingerprint density at radius 3 is 2.40 bits per heavy atom. The maximum Gasteiger partial charge on any atom is 0.151 e. The first-order chi connectivity index (χ1) is 9.48. The van der Waals surface area contributed by atoms with Gasteiger partial charge in [0.05, 0.1) is 11.1 Å². The fraction of sp³-hybridized carbons (Fsp3) is 0.0714. The number of hydroxylamine groups is 1. The second kappa shape index (κ2) is 4.45. The van der Waals surface area contributed by atoms with Gasteiger partial charge in [0.25, 0.3) is 0 Å². The van der Waals surface area contributed by atoms with Crippen LogP contribution in [0.25, 0.3) is 0 Å². The summed E-state index contributed by atoms with van der Waals surface area (Å²) in [5.74, 6) is 4.16. The molecule has 1 aliphatic rings. The Morgan fingerprint density at radius 2 is 1.70 bits per heavy atom. The van der Waals surface area contributed by atoms with E-state index in [1.54, 1.807) is 30.3 Å². The number of benzene rings is 2. The zero-order chi connectivity index (χ0) is 14.3. The molecule has 6 heteroatoms. The Kier molecular flexibility index (Phi) is 2.86. The van der Waals surface area contributed by atoms with Gasteiger partial charge >= 0.3 is 0 Å². The summed E-state index contributed by atoms with van der Waals surface area (Å²) >= 11 is 0. The van der Waals surface area contributed by atoms with Gasteiger partial charge in [0.15, 0.2) is 6.54 Å². The van der Waals surface area contributed by atoms with E-state index in [4.69, 9.17) is 5.84 Å². The average molecular weight is 275 g/mol. The second-order valence-electron chi connectivity index (χ2n) is 4.61. The Morgan fingerprint density at radius 1 is 1.05 bits per heavy atom. The van der Waals surface area contributed by atoms with Gasteiger partial charge in [-0.05, 0) is 12.1 Å². The molecule has 0 saturated carbocycles. The Hall–Kier alpha value is -2.15. The van der Waals surface area contributed by atoms with Gasteiger partial charge in [-0.15, -0.1) is 0 Å². The van der Waals surface area contributed by atoms with Crippen molar-refractivity contribution in [1.29, 1.82) is 0 Å². The Balaban J connectivity index is 2.29. The van der Waals surface area contributed by atoms with Gasteiger partial charge in [0.1, 0.15) is 17.3 Å². The summed E-state index contributed by atoms with van der Waals surface area (Å²) in [6.07, 6.45) is 0. The third-order valence-electron chi connectivity index (χ3n) is 3.14. The predicted octanol–water partition coefficient (Wildman–Crippen LogP) is 2.42. The molecule has 0 fully saturated rings. The number of quaternary nitrogens is 1. The first-order valence-corrected chi connectivity index (χ1v) is 5.98. The minimum Gasteiger partial charge on any atom is -0.584 e. The van der Waals surface area contributed by atoms with Gasteiger partial charge in [-0.1, -0.05) is 35.4 Å². The zero-order valence-corrected chi connectivity index (χ0v) is 10.4. The minimum absolute atomic E-state index is 0.00579. The van der Waals surface area contributed by atoms with E-state index in [0.717, 1.165) is 12.1 Å². The third kappa shape index (κ3) is 2.09. The van der Waals surface area contributed by atoms with Crippen LogP contribution in [0.4, 0.5) is 8.78 Å². The molecule has 1 unspecified atom stereocenters. The average Bonchev–Trinajstić information content (AvgIpc) is 2.42. The number of halogens is 2. The van der Waals surface area contributed by atoms with Gasteiger partial charge in [0.2, 0.25) is 0 Å². The highest BCUT2D eigenvalue weighted by molar-refractivity contribution is 6.13. The molecule has 0 radical (unpaired) electrons. The smallest absolute Gasteiger partial charge is 0.151 e. The van der Waals surface area contributed by atoms with Crippen LogP contribution >= 0.6 is 0 Å². The van der Waals surface area contributed by atoms with Crippen molar-refractivity contribution < 1.29 is 13.6 Å². The molecule has 0 amide bonds. The van der Waals surface area contributed by atoms with Crippen LogP contribution in [0, 0.1) is 16.8 Å². The molecule has 0 saturated heterocycles. The minimum atomic E-state index is -1.50. The third-order valence-corrected chi connectivity index (χ3v) is 3.14. The van der Waals surface area contributed by atoms with Gasteiger partial charge in [-0.3, -0.25) is 0 Å². The van der Waals surface area contributed by atoms with Gasteiger partial charge in [-0.2, -0.15) is 10.7 Å². The highest BCUT2D eigenvalue weighted by Gasteiger charge is 2.31. The number of hydrogen-bond donors (Lipinski definition) is 1. The molecule has 0 bridgehead atoms. The molecule has 0 spiro atoms. The van der Waals surface area contributed by atoms with E-state index in [9.17, 15) is 14.0 Å². The fourth-order valence-electron chi connectivity index (χ4n) is 2.28. The largest absolute Gasteiger partial charge is 0.584 e. The topological polar surface area (TPSA) is 61.4 Å². The molecule has 2 N–H and O–H groups in total.